The van der Waals surface area contributed by atoms with E-state index in [-0.39, 0.29) is 32.7 Å². The normalized spacial score (nSPS) is 15.7. The quantitative estimate of drug-likeness (QED) is 0.168. The van der Waals surface area contributed by atoms with Crippen LogP contribution in [0.25, 0.3) is 110 Å². The molecule has 11 aromatic rings. The van der Waals surface area contributed by atoms with E-state index in [1.165, 1.54) is 0 Å². The first-order valence-corrected chi connectivity index (χ1v) is 17.0. The van der Waals surface area contributed by atoms with E-state index in [9.17, 15) is 8.22 Å². The van der Waals surface area contributed by atoms with E-state index >= 15 is 0 Å². The predicted molar refractivity (Wildman–Crippen MR) is 225 cm³/mol. The first-order valence-electron chi connectivity index (χ1n) is 24.5. The van der Waals surface area contributed by atoms with E-state index in [2.05, 4.69) is 0 Å². The molecule has 1 nitrogen and oxygen atoms in total. The van der Waals surface area contributed by atoms with Crippen LogP contribution in [-0.2, 0) is 0 Å². The van der Waals surface area contributed by atoms with Gasteiger partial charge in [-0.1, -0.05) is 163 Å². The first-order chi connectivity index (χ1) is 32.5. The molecule has 0 aliphatic rings. The summed E-state index contributed by atoms with van der Waals surface area (Å²) >= 11 is 0. The molecule has 0 bridgehead atoms. The molecule has 0 aliphatic carbocycles. The molecule has 0 fully saturated rings. The topological polar surface area (TPSA) is 13.1 Å². The summed E-state index contributed by atoms with van der Waals surface area (Å²) in [5, 5.41) is 1.09. The number of furan rings is 1. The molecular weight excluding hydrogens is 641 g/mol. The molecule has 1 heteroatoms. The van der Waals surface area contributed by atoms with Gasteiger partial charge in [0.05, 0.1) is 20.6 Å². The molecule has 0 spiro atoms. The van der Waals surface area contributed by atoms with Crippen molar-refractivity contribution in [1.82, 2.24) is 0 Å². The number of rotatable bonds is 4. The molecule has 0 aliphatic heterocycles. The molecule has 53 heavy (non-hydrogen) atoms. The summed E-state index contributed by atoms with van der Waals surface area (Å²) in [5.41, 5.74) is 3.95. The molecule has 0 N–H and O–H groups in total. The molecule has 0 amide bonds. The highest BCUT2D eigenvalue weighted by atomic mass is 16.3. The minimum absolute atomic E-state index is 0.0203. The Labute approximate surface area is 328 Å². The van der Waals surface area contributed by atoms with Crippen LogP contribution >= 0.6 is 0 Å². The lowest BCUT2D eigenvalue weighted by molar-refractivity contribution is 0.670. The predicted octanol–water partition coefficient (Wildman–Crippen LogP) is 14.9. The van der Waals surface area contributed by atoms with Crippen LogP contribution in [0, 0.1) is 0 Å². The van der Waals surface area contributed by atoms with Gasteiger partial charge in [0, 0.05) is 16.3 Å². The van der Waals surface area contributed by atoms with Gasteiger partial charge in [0.15, 0.2) is 0 Å². The van der Waals surface area contributed by atoms with Gasteiger partial charge in [-0.25, -0.2) is 0 Å². The average molecular weight is 688 g/mol. The Morgan fingerprint density at radius 3 is 1.83 bits per heavy atom. The highest BCUT2D eigenvalue weighted by Gasteiger charge is 2.20. The number of hydrogen-bond donors (Lipinski definition) is 0. The molecule has 11 rings (SSSR count). The smallest absolute Gasteiger partial charge is 0.143 e. The van der Waals surface area contributed by atoms with Gasteiger partial charge in [-0.15, -0.1) is 0 Å². The Kier molecular flexibility index (Phi) is 4.12. The van der Waals surface area contributed by atoms with Gasteiger partial charge in [-0.3, -0.25) is 0 Å². The van der Waals surface area contributed by atoms with Crippen molar-refractivity contribution < 1.29 is 25.0 Å². The minimum atomic E-state index is -0.745. The summed E-state index contributed by atoms with van der Waals surface area (Å²) in [7, 11) is 0. The second-order valence-corrected chi connectivity index (χ2v) is 12.9. The maximum Gasteiger partial charge on any atom is 0.143 e. The van der Waals surface area contributed by atoms with Crippen LogP contribution in [0.5, 0.6) is 0 Å². The van der Waals surface area contributed by atoms with Gasteiger partial charge in [0.1, 0.15) is 11.2 Å². The fourth-order valence-electron chi connectivity index (χ4n) is 7.56. The lowest BCUT2D eigenvalue weighted by Crippen LogP contribution is -1.92. The molecule has 10 aromatic carbocycles. The first kappa shape index (κ1) is 18.5. The molecule has 246 valence electrons. The molecule has 0 saturated heterocycles. The van der Waals surface area contributed by atoms with E-state index in [1.54, 1.807) is 18.2 Å². The zero-order valence-corrected chi connectivity index (χ0v) is 27.7. The summed E-state index contributed by atoms with van der Waals surface area (Å²) in [4.78, 5) is 0. The Morgan fingerprint density at radius 2 is 1.04 bits per heavy atom. The van der Waals surface area contributed by atoms with Crippen LogP contribution in [0.4, 0.5) is 0 Å². The molecule has 1 aromatic heterocycles. The second kappa shape index (κ2) is 11.8. The van der Waals surface area contributed by atoms with Crippen molar-refractivity contribution >= 4 is 65.0 Å². The summed E-state index contributed by atoms with van der Waals surface area (Å²) in [6, 6.07) is 22.6. The summed E-state index contributed by atoms with van der Waals surface area (Å²) in [6.07, 6.45) is 0. The molecule has 0 atom stereocenters. The van der Waals surface area contributed by atoms with E-state index in [1.807, 2.05) is 84.9 Å². The van der Waals surface area contributed by atoms with Crippen molar-refractivity contribution in [3.63, 3.8) is 0 Å². The standard InChI is InChI=1S/C52H32O/c1-2-13-33(14-3-1)36-27-28-42-47-24-12-23-41(52(47)53-49(42)32-36)39-30-37-17-6-7-18-40(37)48(31-39)51-45-21-10-8-19-43(45)50(44-20-9-11-22-46(44)51)38-26-25-34-15-4-5-16-35(34)29-38/h1-32H/i4D,5D,8D,9D,10D,11D,15D,16D,19D,20D,21D,22D,25D,26D,29D. The monoisotopic (exact) mass is 687 g/mol. The van der Waals surface area contributed by atoms with Crippen LogP contribution in [0.2, 0.25) is 0 Å². The van der Waals surface area contributed by atoms with Gasteiger partial charge in [0.2, 0.25) is 0 Å². The molecule has 0 unspecified atom stereocenters. The lowest BCUT2D eigenvalue weighted by Gasteiger charge is -2.20. The summed E-state index contributed by atoms with van der Waals surface area (Å²) in [5.74, 6) is 0. The highest BCUT2D eigenvalue weighted by Crippen LogP contribution is 2.47. The van der Waals surface area contributed by atoms with Crippen LogP contribution in [0.1, 0.15) is 20.6 Å². The van der Waals surface area contributed by atoms with Crippen molar-refractivity contribution in [2.24, 2.45) is 0 Å². The van der Waals surface area contributed by atoms with Crippen LogP contribution < -0.4 is 0 Å². The van der Waals surface area contributed by atoms with Crippen LogP contribution in [0.3, 0.4) is 0 Å². The Morgan fingerprint density at radius 1 is 0.358 bits per heavy atom. The third kappa shape index (κ3) is 4.71. The summed E-state index contributed by atoms with van der Waals surface area (Å²) in [6.45, 7) is 0. The maximum absolute atomic E-state index is 9.61. The van der Waals surface area contributed by atoms with E-state index in [4.69, 9.17) is 16.8 Å². The average Bonchev–Trinajstić information content (AvgIpc) is 3.73. The van der Waals surface area contributed by atoms with Crippen LogP contribution in [-0.4, -0.2) is 0 Å². The van der Waals surface area contributed by atoms with E-state index in [0.29, 0.717) is 38.6 Å². The minimum Gasteiger partial charge on any atom is -0.455 e. The maximum atomic E-state index is 9.61. The van der Waals surface area contributed by atoms with Crippen molar-refractivity contribution in [1.29, 1.82) is 0 Å². The largest absolute Gasteiger partial charge is 0.455 e. The lowest BCUT2D eigenvalue weighted by atomic mass is 9.83. The van der Waals surface area contributed by atoms with Gasteiger partial charge >= 0.3 is 0 Å². The third-order valence-corrected chi connectivity index (χ3v) is 9.92. The van der Waals surface area contributed by atoms with E-state index < -0.39 is 107 Å². The van der Waals surface area contributed by atoms with Crippen molar-refractivity contribution in [3.05, 3.63) is 194 Å². The van der Waals surface area contributed by atoms with Crippen molar-refractivity contribution in [2.45, 2.75) is 0 Å². The van der Waals surface area contributed by atoms with Gasteiger partial charge < -0.3 is 4.42 Å². The zero-order valence-electron chi connectivity index (χ0n) is 42.7. The Bertz CT molecular complexity index is 4010. The van der Waals surface area contributed by atoms with Crippen molar-refractivity contribution in [3.8, 4) is 44.5 Å². The number of fused-ring (bicyclic) bond motifs is 7. The molecule has 0 radical (unpaired) electrons. The van der Waals surface area contributed by atoms with Crippen molar-refractivity contribution in [2.75, 3.05) is 0 Å². The molecule has 0 saturated carbocycles. The van der Waals surface area contributed by atoms with Gasteiger partial charge in [0.25, 0.3) is 0 Å². The van der Waals surface area contributed by atoms with Gasteiger partial charge in [-0.2, -0.15) is 0 Å². The Hall–Kier alpha value is -6.96. The third-order valence-electron chi connectivity index (χ3n) is 9.92. The van der Waals surface area contributed by atoms with Gasteiger partial charge in [-0.05, 0) is 112 Å². The fourth-order valence-corrected chi connectivity index (χ4v) is 7.56. The molecular formula is C52H32O. The summed E-state index contributed by atoms with van der Waals surface area (Å²) < 4.78 is 143. The highest BCUT2D eigenvalue weighted by molar-refractivity contribution is 6.24. The number of para-hydroxylation sites is 1. The molecule has 1 heterocycles. The second-order valence-electron chi connectivity index (χ2n) is 12.9. The van der Waals surface area contributed by atoms with Crippen LogP contribution in [0.15, 0.2) is 198 Å². The Balaban J connectivity index is 1.33. The SMILES string of the molecule is [2H]c1c([2H])c([2H])c2c([2H])c(-c3c4c([2H])c([2H])c([2H])c([2H])c4c(-c4cc(-c5cccc6c5oc5cc(-c7ccccc7)ccc56)cc5ccccc45)c4c([2H])c([2H])c([2H])c([2H])c34)c([2H])c([2H])c2c1[2H]. The fraction of sp³-hybridized carbons (Fsp3) is 0. The number of hydrogen-bond acceptors (Lipinski definition) is 1. The zero-order chi connectivity index (χ0) is 47.9. The number of benzene rings is 10. The van der Waals surface area contributed by atoms with E-state index in [0.717, 1.165) is 21.9 Å².